The highest BCUT2D eigenvalue weighted by molar-refractivity contribution is 6.46. The van der Waals surface area contributed by atoms with Gasteiger partial charge in [-0.05, 0) is 37.1 Å². The predicted molar refractivity (Wildman–Crippen MR) is 107 cm³/mol. The molecule has 1 atom stereocenters. The lowest BCUT2D eigenvalue weighted by Crippen LogP contribution is -2.31. The van der Waals surface area contributed by atoms with Crippen LogP contribution in [0, 0.1) is 0 Å². The first-order valence-corrected chi connectivity index (χ1v) is 9.49. The zero-order valence-corrected chi connectivity index (χ0v) is 16.5. The number of pyridine rings is 1. The van der Waals surface area contributed by atoms with E-state index in [-0.39, 0.29) is 11.3 Å². The van der Waals surface area contributed by atoms with E-state index in [1.807, 2.05) is 6.92 Å². The van der Waals surface area contributed by atoms with Crippen molar-refractivity contribution >= 4 is 17.4 Å². The van der Waals surface area contributed by atoms with Crippen molar-refractivity contribution in [3.05, 3.63) is 65.5 Å². The summed E-state index contributed by atoms with van der Waals surface area (Å²) in [4.78, 5) is 31.2. The quantitative estimate of drug-likeness (QED) is 0.319. The van der Waals surface area contributed by atoms with Gasteiger partial charge in [0.05, 0.1) is 18.2 Å². The first-order chi connectivity index (χ1) is 14.1. The van der Waals surface area contributed by atoms with E-state index in [1.165, 1.54) is 4.90 Å². The average Bonchev–Trinajstić information content (AvgIpc) is 2.99. The van der Waals surface area contributed by atoms with Crippen LogP contribution in [-0.2, 0) is 14.3 Å². The molecule has 0 aliphatic carbocycles. The number of hydrogen-bond acceptors (Lipinski definition) is 6. The second kappa shape index (κ2) is 9.34. The number of aliphatic hydroxyl groups is 1. The molecule has 3 rings (SSSR count). The lowest BCUT2D eigenvalue weighted by Gasteiger charge is -2.25. The first-order valence-electron chi connectivity index (χ1n) is 9.49. The summed E-state index contributed by atoms with van der Waals surface area (Å²) in [6.07, 6.45) is 3.79. The van der Waals surface area contributed by atoms with E-state index in [4.69, 9.17) is 9.47 Å². The Morgan fingerprint density at radius 1 is 1.24 bits per heavy atom. The number of Topliss-reactive ketones (excluding diaryl/α,β-unsaturated/α-hetero) is 1. The van der Waals surface area contributed by atoms with E-state index in [0.717, 1.165) is 0 Å². The molecule has 2 heterocycles. The number of ketones is 1. The molecule has 1 N–H and O–H groups in total. The lowest BCUT2D eigenvalue weighted by atomic mass is 9.96. The molecule has 1 aromatic carbocycles. The lowest BCUT2D eigenvalue weighted by molar-refractivity contribution is -0.140. The van der Waals surface area contributed by atoms with Gasteiger partial charge in [-0.3, -0.25) is 14.6 Å². The number of carbonyl (C=O) groups excluding carboxylic acids is 2. The van der Waals surface area contributed by atoms with Gasteiger partial charge < -0.3 is 19.5 Å². The minimum atomic E-state index is -0.712. The summed E-state index contributed by atoms with van der Waals surface area (Å²) in [5, 5.41) is 11.0. The molecule has 1 aliphatic heterocycles. The smallest absolute Gasteiger partial charge is 0.295 e. The summed E-state index contributed by atoms with van der Waals surface area (Å²) in [7, 11) is 1.58. The Morgan fingerprint density at radius 2 is 2.07 bits per heavy atom. The maximum absolute atomic E-state index is 12.9. The standard InChI is InChI=1S/C22H24N2O5/c1-3-29-17-9-4-7-15(13-17)20(25)18-19(16-8-5-10-23-14-16)24(11-6-12-28-2)22(27)21(18)26/h4-5,7-10,13-14,19,25H,3,6,11-12H2,1-2H3/b20-18-. The van der Waals surface area contributed by atoms with Crippen molar-refractivity contribution in [2.24, 2.45) is 0 Å². The molecule has 0 bridgehead atoms. The fourth-order valence-corrected chi connectivity index (χ4v) is 3.43. The van der Waals surface area contributed by atoms with Crippen LogP contribution in [0.5, 0.6) is 5.75 Å². The molecule has 1 aromatic heterocycles. The number of methoxy groups -OCH3 is 1. The number of aliphatic hydroxyl groups excluding tert-OH is 1. The fourth-order valence-electron chi connectivity index (χ4n) is 3.43. The van der Waals surface area contributed by atoms with E-state index in [2.05, 4.69) is 4.98 Å². The molecule has 0 spiro atoms. The summed E-state index contributed by atoms with van der Waals surface area (Å²) in [6.45, 7) is 3.12. The highest BCUT2D eigenvalue weighted by Gasteiger charge is 2.45. The van der Waals surface area contributed by atoms with Gasteiger partial charge >= 0.3 is 0 Å². The van der Waals surface area contributed by atoms with Gasteiger partial charge in [0, 0.05) is 38.2 Å². The van der Waals surface area contributed by atoms with Gasteiger partial charge in [-0.25, -0.2) is 0 Å². The number of hydrogen-bond donors (Lipinski definition) is 1. The van der Waals surface area contributed by atoms with Crippen LogP contribution in [0.1, 0.15) is 30.5 Å². The van der Waals surface area contributed by atoms with Crippen molar-refractivity contribution < 1.29 is 24.2 Å². The molecule has 0 radical (unpaired) electrons. The number of amides is 1. The first kappa shape index (κ1) is 20.5. The Hall–Kier alpha value is -3.19. The Bertz CT molecular complexity index is 910. The maximum atomic E-state index is 12.9. The molecule has 1 unspecified atom stereocenters. The Labute approximate surface area is 169 Å². The number of carbonyl (C=O) groups is 2. The third-order valence-electron chi connectivity index (χ3n) is 4.71. The topological polar surface area (TPSA) is 89.0 Å². The van der Waals surface area contributed by atoms with Gasteiger partial charge in [-0.15, -0.1) is 0 Å². The third kappa shape index (κ3) is 4.30. The monoisotopic (exact) mass is 396 g/mol. The van der Waals surface area contributed by atoms with Crippen molar-refractivity contribution in [2.75, 3.05) is 26.9 Å². The van der Waals surface area contributed by atoms with Crippen LogP contribution in [-0.4, -0.2) is 53.5 Å². The normalized spacial score (nSPS) is 18.3. The van der Waals surface area contributed by atoms with E-state index >= 15 is 0 Å². The van der Waals surface area contributed by atoms with Crippen molar-refractivity contribution in [2.45, 2.75) is 19.4 Å². The van der Waals surface area contributed by atoms with Gasteiger partial charge in [0.15, 0.2) is 0 Å². The van der Waals surface area contributed by atoms with Crippen molar-refractivity contribution in [3.8, 4) is 5.75 Å². The number of likely N-dealkylation sites (tertiary alicyclic amines) is 1. The average molecular weight is 396 g/mol. The van der Waals surface area contributed by atoms with E-state index in [1.54, 1.807) is 55.9 Å². The van der Waals surface area contributed by atoms with Crippen molar-refractivity contribution in [3.63, 3.8) is 0 Å². The molecule has 2 aromatic rings. The van der Waals surface area contributed by atoms with Gasteiger partial charge in [0.25, 0.3) is 11.7 Å². The van der Waals surface area contributed by atoms with Crippen LogP contribution < -0.4 is 4.74 Å². The van der Waals surface area contributed by atoms with Crippen molar-refractivity contribution in [1.29, 1.82) is 0 Å². The van der Waals surface area contributed by atoms with Crippen LogP contribution in [0.15, 0.2) is 54.4 Å². The zero-order valence-electron chi connectivity index (χ0n) is 16.5. The number of rotatable bonds is 8. The Morgan fingerprint density at radius 3 is 2.76 bits per heavy atom. The number of benzene rings is 1. The molecule has 1 aliphatic rings. The molecule has 1 fully saturated rings. The molecule has 7 heteroatoms. The molecular weight excluding hydrogens is 372 g/mol. The minimum Gasteiger partial charge on any atom is -0.507 e. The molecule has 1 saturated heterocycles. The summed E-state index contributed by atoms with van der Waals surface area (Å²) in [5.74, 6) is -1.01. The maximum Gasteiger partial charge on any atom is 0.295 e. The van der Waals surface area contributed by atoms with Crippen LogP contribution in [0.25, 0.3) is 5.76 Å². The van der Waals surface area contributed by atoms with Gasteiger partial charge in [-0.2, -0.15) is 0 Å². The zero-order chi connectivity index (χ0) is 20.8. The molecule has 29 heavy (non-hydrogen) atoms. The summed E-state index contributed by atoms with van der Waals surface area (Å²) in [5.41, 5.74) is 1.13. The second-order valence-corrected chi connectivity index (χ2v) is 6.59. The molecule has 152 valence electrons. The van der Waals surface area contributed by atoms with Gasteiger partial charge in [0.2, 0.25) is 0 Å². The minimum absolute atomic E-state index is 0.0501. The molecule has 0 saturated carbocycles. The highest BCUT2D eigenvalue weighted by Crippen LogP contribution is 2.39. The summed E-state index contributed by atoms with van der Waals surface area (Å²) >= 11 is 0. The molecule has 7 nitrogen and oxygen atoms in total. The summed E-state index contributed by atoms with van der Waals surface area (Å²) < 4.78 is 10.6. The van der Waals surface area contributed by atoms with Crippen LogP contribution in [0.2, 0.25) is 0 Å². The fraction of sp³-hybridized carbons (Fsp3) is 0.318. The second-order valence-electron chi connectivity index (χ2n) is 6.59. The number of aromatic nitrogens is 1. The number of ether oxygens (including phenoxy) is 2. The predicted octanol–water partition coefficient (Wildman–Crippen LogP) is 2.94. The molecular formula is C22H24N2O5. The van der Waals surface area contributed by atoms with E-state index < -0.39 is 17.7 Å². The van der Waals surface area contributed by atoms with Crippen LogP contribution >= 0.6 is 0 Å². The van der Waals surface area contributed by atoms with Crippen LogP contribution in [0.3, 0.4) is 0 Å². The largest absolute Gasteiger partial charge is 0.507 e. The highest BCUT2D eigenvalue weighted by atomic mass is 16.5. The summed E-state index contributed by atoms with van der Waals surface area (Å²) in [6, 6.07) is 9.64. The van der Waals surface area contributed by atoms with Gasteiger partial charge in [0.1, 0.15) is 11.5 Å². The van der Waals surface area contributed by atoms with E-state index in [0.29, 0.717) is 43.1 Å². The SMILES string of the molecule is CCOc1cccc(/C(O)=C2/C(=O)C(=O)N(CCCOC)C2c2cccnc2)c1. The Kier molecular flexibility index (Phi) is 6.61. The number of nitrogens with zero attached hydrogens (tertiary/aromatic N) is 2. The van der Waals surface area contributed by atoms with Crippen molar-refractivity contribution in [1.82, 2.24) is 9.88 Å². The van der Waals surface area contributed by atoms with Crippen LogP contribution in [0.4, 0.5) is 0 Å². The molecule has 1 amide bonds. The van der Waals surface area contributed by atoms with Gasteiger partial charge in [-0.1, -0.05) is 18.2 Å². The Balaban J connectivity index is 2.08. The van der Waals surface area contributed by atoms with E-state index in [9.17, 15) is 14.7 Å². The third-order valence-corrected chi connectivity index (χ3v) is 4.71.